The average Bonchev–Trinajstić information content (AvgIpc) is 3.40. The predicted molar refractivity (Wildman–Crippen MR) is 115 cm³/mol. The zero-order valence-corrected chi connectivity index (χ0v) is 18.2. The largest absolute Gasteiger partial charge is 0.454 e. The van der Waals surface area contributed by atoms with Crippen molar-refractivity contribution in [1.29, 1.82) is 0 Å². The van der Waals surface area contributed by atoms with E-state index in [1.807, 2.05) is 13.8 Å². The summed E-state index contributed by atoms with van der Waals surface area (Å²) in [5, 5.41) is 12.2. The lowest BCUT2D eigenvalue weighted by Crippen LogP contribution is -2.12. The van der Waals surface area contributed by atoms with Gasteiger partial charge in [0.05, 0.1) is 29.5 Å². The van der Waals surface area contributed by atoms with E-state index in [-0.39, 0.29) is 22.4 Å². The van der Waals surface area contributed by atoms with Crippen molar-refractivity contribution in [2.75, 3.05) is 5.32 Å². The van der Waals surface area contributed by atoms with Crippen LogP contribution in [0.4, 0.5) is 10.2 Å². The molecule has 1 N–H and O–H groups in total. The fraction of sp³-hybridized carbons (Fsp3) is 0.190. The lowest BCUT2D eigenvalue weighted by atomic mass is 10.2. The highest BCUT2D eigenvalue weighted by Crippen LogP contribution is 2.23. The second-order valence-electron chi connectivity index (χ2n) is 7.01. The number of aryl methyl sites for hydroxylation is 1. The number of benzene rings is 1. The Bertz CT molecular complexity index is 1240. The van der Waals surface area contributed by atoms with Gasteiger partial charge in [0, 0.05) is 6.20 Å². The lowest BCUT2D eigenvalue weighted by molar-refractivity contribution is 0.0994. The molecule has 4 aromatic rings. The first-order chi connectivity index (χ1) is 14.8. The minimum absolute atomic E-state index is 0.117. The van der Waals surface area contributed by atoms with Crippen LogP contribution in [0.5, 0.6) is 0 Å². The fourth-order valence-corrected chi connectivity index (χ4v) is 3.40. The van der Waals surface area contributed by atoms with Gasteiger partial charge in [0.1, 0.15) is 16.6 Å². The van der Waals surface area contributed by atoms with Crippen LogP contribution in [-0.4, -0.2) is 25.5 Å². The second kappa shape index (κ2) is 8.56. The van der Waals surface area contributed by atoms with Crippen LogP contribution < -0.4 is 5.32 Å². The summed E-state index contributed by atoms with van der Waals surface area (Å²) in [7, 11) is 0. The molecule has 3 aromatic heterocycles. The van der Waals surface area contributed by atoms with E-state index in [0.29, 0.717) is 23.9 Å². The molecule has 0 fully saturated rings. The Morgan fingerprint density at radius 2 is 1.84 bits per heavy atom. The Hall–Kier alpha value is -3.10. The average molecular weight is 462 g/mol. The third kappa shape index (κ3) is 4.65. The number of furan rings is 1. The van der Waals surface area contributed by atoms with Gasteiger partial charge in [-0.05, 0) is 43.7 Å². The molecule has 0 unspecified atom stereocenters. The number of nitrogens with one attached hydrogen (secondary N) is 1. The monoisotopic (exact) mass is 461 g/mol. The minimum Gasteiger partial charge on any atom is -0.454 e. The van der Waals surface area contributed by atoms with Gasteiger partial charge in [0.2, 0.25) is 0 Å². The van der Waals surface area contributed by atoms with Crippen LogP contribution in [0.25, 0.3) is 0 Å². The number of carbonyl (C=O) groups is 1. The van der Waals surface area contributed by atoms with Crippen molar-refractivity contribution < 1.29 is 13.6 Å². The van der Waals surface area contributed by atoms with Crippen LogP contribution in [0.15, 0.2) is 47.0 Å². The number of rotatable bonds is 6. The number of amides is 1. The second-order valence-corrected chi connectivity index (χ2v) is 7.80. The third-order valence-electron chi connectivity index (χ3n) is 4.69. The fourth-order valence-electron chi connectivity index (χ4n) is 3.07. The summed E-state index contributed by atoms with van der Waals surface area (Å²) in [5.41, 5.74) is 2.40. The Balaban J connectivity index is 1.43. The zero-order valence-electron chi connectivity index (χ0n) is 16.7. The summed E-state index contributed by atoms with van der Waals surface area (Å²) in [6, 6.07) is 9.33. The normalized spacial score (nSPS) is 11.1. The molecule has 0 aliphatic carbocycles. The zero-order chi connectivity index (χ0) is 22.1. The highest BCUT2D eigenvalue weighted by Gasteiger charge is 2.17. The number of hydrogen-bond donors (Lipinski definition) is 1. The summed E-state index contributed by atoms with van der Waals surface area (Å²) in [6.45, 7) is 4.42. The van der Waals surface area contributed by atoms with E-state index in [9.17, 15) is 9.18 Å². The molecule has 0 bridgehead atoms. The molecule has 160 valence electrons. The van der Waals surface area contributed by atoms with Crippen LogP contribution in [0.1, 0.15) is 33.3 Å². The van der Waals surface area contributed by atoms with Crippen LogP contribution in [-0.2, 0) is 13.1 Å². The van der Waals surface area contributed by atoms with Crippen molar-refractivity contribution >= 4 is 34.9 Å². The smallest absolute Gasteiger partial charge is 0.292 e. The molecule has 0 atom stereocenters. The maximum atomic E-state index is 13.1. The van der Waals surface area contributed by atoms with Crippen molar-refractivity contribution in [1.82, 2.24) is 19.6 Å². The van der Waals surface area contributed by atoms with Gasteiger partial charge < -0.3 is 9.73 Å². The molecule has 31 heavy (non-hydrogen) atoms. The molecule has 0 aliphatic heterocycles. The summed E-state index contributed by atoms with van der Waals surface area (Å²) in [6.07, 6.45) is 1.58. The SMILES string of the molecule is Cc1nn(Cc2ccc(C(=O)Nc3nn(Cc4ccc(F)cc4)cc3Cl)o2)c(C)c1Cl. The standard InChI is InChI=1S/C21H18Cl2FN5O2/c1-12-19(23)13(2)29(26-12)10-16-7-8-18(31-16)21(30)25-20-17(22)11-28(27-20)9-14-3-5-15(24)6-4-14/h3-8,11H,9-10H2,1-2H3,(H,25,27,30). The van der Waals surface area contributed by atoms with Crippen molar-refractivity contribution in [3.05, 3.63) is 86.9 Å². The molecule has 0 saturated carbocycles. The molecule has 10 heteroatoms. The molecule has 0 radical (unpaired) electrons. The summed E-state index contributed by atoms with van der Waals surface area (Å²) >= 11 is 12.4. The van der Waals surface area contributed by atoms with Crippen LogP contribution >= 0.6 is 23.2 Å². The van der Waals surface area contributed by atoms with Gasteiger partial charge >= 0.3 is 0 Å². The molecule has 4 rings (SSSR count). The number of aromatic nitrogens is 4. The Morgan fingerprint density at radius 3 is 2.52 bits per heavy atom. The van der Waals surface area contributed by atoms with E-state index in [4.69, 9.17) is 27.6 Å². The Morgan fingerprint density at radius 1 is 1.10 bits per heavy atom. The maximum absolute atomic E-state index is 13.1. The topological polar surface area (TPSA) is 77.9 Å². The molecule has 0 spiro atoms. The van der Waals surface area contributed by atoms with E-state index in [2.05, 4.69) is 15.5 Å². The van der Waals surface area contributed by atoms with Crippen molar-refractivity contribution in [2.24, 2.45) is 0 Å². The molecule has 3 heterocycles. The Labute approximate surface area is 187 Å². The molecule has 7 nitrogen and oxygen atoms in total. The van der Waals surface area contributed by atoms with Gasteiger partial charge in [-0.25, -0.2) is 4.39 Å². The van der Waals surface area contributed by atoms with E-state index in [1.54, 1.807) is 39.8 Å². The number of nitrogens with zero attached hydrogens (tertiary/aromatic N) is 4. The van der Waals surface area contributed by atoms with Crippen molar-refractivity contribution in [3.63, 3.8) is 0 Å². The number of hydrogen-bond acceptors (Lipinski definition) is 4. The van der Waals surface area contributed by atoms with E-state index < -0.39 is 5.91 Å². The quantitative estimate of drug-likeness (QED) is 0.433. The lowest BCUT2D eigenvalue weighted by Gasteiger charge is -2.03. The van der Waals surface area contributed by atoms with Crippen molar-refractivity contribution in [2.45, 2.75) is 26.9 Å². The molecular weight excluding hydrogens is 444 g/mol. The minimum atomic E-state index is -0.480. The molecule has 0 saturated heterocycles. The molecular formula is C21H18Cl2FN5O2. The first-order valence-corrected chi connectivity index (χ1v) is 10.1. The van der Waals surface area contributed by atoms with E-state index in [0.717, 1.165) is 17.0 Å². The van der Waals surface area contributed by atoms with Gasteiger partial charge in [-0.2, -0.15) is 10.2 Å². The van der Waals surface area contributed by atoms with Crippen LogP contribution in [0.3, 0.4) is 0 Å². The first-order valence-electron chi connectivity index (χ1n) is 9.37. The maximum Gasteiger partial charge on any atom is 0.292 e. The molecule has 1 aromatic carbocycles. The molecule has 1 amide bonds. The number of anilines is 1. The summed E-state index contributed by atoms with van der Waals surface area (Å²) in [5.74, 6) is 0.0877. The Kier molecular flexibility index (Phi) is 5.84. The number of halogens is 3. The van der Waals surface area contributed by atoms with E-state index in [1.165, 1.54) is 12.1 Å². The van der Waals surface area contributed by atoms with Crippen molar-refractivity contribution in [3.8, 4) is 0 Å². The van der Waals surface area contributed by atoms with Gasteiger partial charge in [-0.3, -0.25) is 14.2 Å². The summed E-state index contributed by atoms with van der Waals surface area (Å²) in [4.78, 5) is 12.6. The van der Waals surface area contributed by atoms with E-state index >= 15 is 0 Å². The third-order valence-corrected chi connectivity index (χ3v) is 5.51. The van der Waals surface area contributed by atoms with Gasteiger partial charge in [0.15, 0.2) is 11.6 Å². The van der Waals surface area contributed by atoms with Gasteiger partial charge in [-0.15, -0.1) is 0 Å². The van der Waals surface area contributed by atoms with Crippen LogP contribution in [0, 0.1) is 19.7 Å². The summed E-state index contributed by atoms with van der Waals surface area (Å²) < 4.78 is 22.0. The number of carbonyl (C=O) groups excluding carboxylic acids is 1. The highest BCUT2D eigenvalue weighted by molar-refractivity contribution is 6.33. The van der Waals surface area contributed by atoms with Gasteiger partial charge in [-0.1, -0.05) is 35.3 Å². The van der Waals surface area contributed by atoms with Gasteiger partial charge in [0.25, 0.3) is 5.91 Å². The highest BCUT2D eigenvalue weighted by atomic mass is 35.5. The molecule has 0 aliphatic rings. The first kappa shape index (κ1) is 21.1. The predicted octanol–water partition coefficient (Wildman–Crippen LogP) is 5.08. The van der Waals surface area contributed by atoms with Crippen LogP contribution in [0.2, 0.25) is 10.0 Å².